The monoisotopic (exact) mass is 202 g/mol. The largest absolute Gasteiger partial charge is 0.248 e. The molecule has 0 fully saturated rings. The van der Waals surface area contributed by atoms with Crippen LogP contribution < -0.4 is 0 Å². The molecule has 0 heterocycles. The Morgan fingerprint density at radius 3 is 2.33 bits per heavy atom. The van der Waals surface area contributed by atoms with Crippen molar-refractivity contribution in [3.05, 3.63) is 0 Å². The van der Waals surface area contributed by atoms with E-state index in [0.29, 0.717) is 6.42 Å². The molecule has 0 aliphatic heterocycles. The van der Waals surface area contributed by atoms with E-state index >= 15 is 0 Å². The molecule has 6 heavy (non-hydrogen) atoms. The normalized spacial score (nSPS) is 14.5. The summed E-state index contributed by atoms with van der Waals surface area (Å²) in [4.78, 5) is 0. The molecule has 0 spiro atoms. The van der Waals surface area contributed by atoms with Crippen LogP contribution in [0.15, 0.2) is 0 Å². The fourth-order valence-electron chi connectivity index (χ4n) is 0.150. The lowest BCUT2D eigenvalue weighted by Crippen LogP contribution is -1.90. The van der Waals surface area contributed by atoms with Crippen molar-refractivity contribution in [2.75, 3.05) is 4.43 Å². The highest BCUT2D eigenvalue weighted by Gasteiger charge is 1.91. The molecular formula is C4H8FI. The lowest BCUT2D eigenvalue weighted by atomic mass is 10.3. The van der Waals surface area contributed by atoms with Gasteiger partial charge in [-0.15, -0.1) is 0 Å². The Hall–Kier alpha value is 0.660. The SMILES string of the molecule is C[C@@H](F)CCI. The lowest BCUT2D eigenvalue weighted by Gasteiger charge is -1.90. The molecule has 0 aliphatic rings. The molecule has 0 aromatic heterocycles. The third-order valence-electron chi connectivity index (χ3n) is 0.507. The molecule has 0 aromatic carbocycles. The van der Waals surface area contributed by atoms with Crippen molar-refractivity contribution in [3.63, 3.8) is 0 Å². The van der Waals surface area contributed by atoms with E-state index in [-0.39, 0.29) is 0 Å². The zero-order valence-electron chi connectivity index (χ0n) is 3.75. The minimum Gasteiger partial charge on any atom is -0.248 e. The van der Waals surface area contributed by atoms with Crippen molar-refractivity contribution in [2.24, 2.45) is 0 Å². The van der Waals surface area contributed by atoms with Crippen molar-refractivity contribution in [1.82, 2.24) is 0 Å². The topological polar surface area (TPSA) is 0 Å². The van der Waals surface area contributed by atoms with Crippen molar-refractivity contribution in [1.29, 1.82) is 0 Å². The molecule has 0 aliphatic carbocycles. The van der Waals surface area contributed by atoms with E-state index < -0.39 is 6.17 Å². The minimum atomic E-state index is -0.609. The summed E-state index contributed by atoms with van der Waals surface area (Å²) in [5.74, 6) is 0. The molecule has 0 rings (SSSR count). The van der Waals surface area contributed by atoms with E-state index in [1.54, 1.807) is 6.92 Å². The van der Waals surface area contributed by atoms with Crippen LogP contribution in [-0.4, -0.2) is 10.6 Å². The third kappa shape index (κ3) is 4.66. The van der Waals surface area contributed by atoms with Crippen LogP contribution in [0.2, 0.25) is 0 Å². The molecule has 0 unspecified atom stereocenters. The standard InChI is InChI=1S/C4H8FI/c1-4(5)2-3-6/h4H,2-3H2,1H3/t4-/m1/s1. The van der Waals surface area contributed by atoms with Gasteiger partial charge >= 0.3 is 0 Å². The molecule has 0 saturated carbocycles. The molecule has 38 valence electrons. The first-order valence-electron chi connectivity index (χ1n) is 1.97. The zero-order valence-corrected chi connectivity index (χ0v) is 5.90. The van der Waals surface area contributed by atoms with Gasteiger partial charge in [-0.1, -0.05) is 22.6 Å². The fourth-order valence-corrected chi connectivity index (χ4v) is 1.01. The van der Waals surface area contributed by atoms with Gasteiger partial charge in [0.1, 0.15) is 0 Å². The quantitative estimate of drug-likeness (QED) is 0.475. The van der Waals surface area contributed by atoms with Gasteiger partial charge in [-0.05, 0) is 13.3 Å². The number of halogens is 2. The first-order valence-corrected chi connectivity index (χ1v) is 3.50. The predicted octanol–water partition coefficient (Wildman–Crippen LogP) is 2.17. The molecule has 0 radical (unpaired) electrons. The molecule has 0 aromatic rings. The van der Waals surface area contributed by atoms with Gasteiger partial charge in [0.15, 0.2) is 0 Å². The summed E-state index contributed by atoms with van der Waals surface area (Å²) < 4.78 is 12.6. The summed E-state index contributed by atoms with van der Waals surface area (Å²) in [6.45, 7) is 1.58. The van der Waals surface area contributed by atoms with E-state index in [9.17, 15) is 4.39 Å². The second-order valence-electron chi connectivity index (χ2n) is 1.26. The minimum absolute atomic E-state index is 0.609. The highest BCUT2D eigenvalue weighted by Crippen LogP contribution is 1.97. The van der Waals surface area contributed by atoms with E-state index in [0.717, 1.165) is 4.43 Å². The van der Waals surface area contributed by atoms with Gasteiger partial charge in [0.25, 0.3) is 0 Å². The molecule has 1 atom stereocenters. The van der Waals surface area contributed by atoms with Crippen molar-refractivity contribution in [3.8, 4) is 0 Å². The summed E-state index contributed by atoms with van der Waals surface area (Å²) in [7, 11) is 0. The van der Waals surface area contributed by atoms with Crippen molar-refractivity contribution < 1.29 is 4.39 Å². The van der Waals surface area contributed by atoms with E-state index in [2.05, 4.69) is 22.6 Å². The number of hydrogen-bond donors (Lipinski definition) is 0. The average molecular weight is 202 g/mol. The van der Waals surface area contributed by atoms with Crippen LogP contribution in [0.5, 0.6) is 0 Å². The van der Waals surface area contributed by atoms with E-state index in [1.165, 1.54) is 0 Å². The highest BCUT2D eigenvalue weighted by atomic mass is 127. The van der Waals surface area contributed by atoms with Gasteiger partial charge in [0.05, 0.1) is 6.17 Å². The lowest BCUT2D eigenvalue weighted by molar-refractivity contribution is 0.356. The summed E-state index contributed by atoms with van der Waals surface area (Å²) in [6.07, 6.45) is 0.0856. The Morgan fingerprint density at radius 2 is 2.33 bits per heavy atom. The Bertz CT molecular complexity index is 28.7. The van der Waals surface area contributed by atoms with E-state index in [4.69, 9.17) is 0 Å². The van der Waals surface area contributed by atoms with Gasteiger partial charge < -0.3 is 0 Å². The van der Waals surface area contributed by atoms with Crippen LogP contribution >= 0.6 is 22.6 Å². The average Bonchev–Trinajstić information content (AvgIpc) is 1.35. The van der Waals surface area contributed by atoms with Crippen molar-refractivity contribution >= 4 is 22.6 Å². The highest BCUT2D eigenvalue weighted by molar-refractivity contribution is 14.1. The van der Waals surface area contributed by atoms with Crippen LogP contribution in [0, 0.1) is 0 Å². The fraction of sp³-hybridized carbons (Fsp3) is 1.00. The summed E-state index contributed by atoms with van der Waals surface area (Å²) in [5.41, 5.74) is 0. The smallest absolute Gasteiger partial charge is 0.0980 e. The molecule has 0 N–H and O–H groups in total. The summed E-state index contributed by atoms with van der Waals surface area (Å²) in [5, 5.41) is 0. The molecular weight excluding hydrogens is 194 g/mol. The van der Waals surface area contributed by atoms with Crippen LogP contribution in [0.4, 0.5) is 4.39 Å². The summed E-state index contributed by atoms with van der Waals surface area (Å²) in [6, 6.07) is 0. The Balaban J connectivity index is 2.63. The number of alkyl halides is 2. The second kappa shape index (κ2) is 3.84. The van der Waals surface area contributed by atoms with Crippen LogP contribution in [0.25, 0.3) is 0 Å². The maximum absolute atomic E-state index is 11.7. The summed E-state index contributed by atoms with van der Waals surface area (Å²) >= 11 is 2.16. The van der Waals surface area contributed by atoms with E-state index in [1.807, 2.05) is 0 Å². The maximum Gasteiger partial charge on any atom is 0.0980 e. The maximum atomic E-state index is 11.7. The molecule has 2 heteroatoms. The van der Waals surface area contributed by atoms with Gasteiger partial charge in [-0.3, -0.25) is 0 Å². The second-order valence-corrected chi connectivity index (χ2v) is 2.34. The van der Waals surface area contributed by atoms with Gasteiger partial charge in [-0.25, -0.2) is 4.39 Å². The Labute approximate surface area is 51.3 Å². The third-order valence-corrected chi connectivity index (χ3v) is 1.13. The predicted molar refractivity (Wildman–Crippen MR) is 34.1 cm³/mol. The number of hydrogen-bond acceptors (Lipinski definition) is 0. The van der Waals surface area contributed by atoms with Crippen LogP contribution in [0.3, 0.4) is 0 Å². The van der Waals surface area contributed by atoms with Gasteiger partial charge in [-0.2, -0.15) is 0 Å². The van der Waals surface area contributed by atoms with Crippen LogP contribution in [0.1, 0.15) is 13.3 Å². The Kier molecular flexibility index (Phi) is 4.26. The first kappa shape index (κ1) is 6.66. The molecule has 0 nitrogen and oxygen atoms in total. The van der Waals surface area contributed by atoms with Crippen LogP contribution in [-0.2, 0) is 0 Å². The zero-order chi connectivity index (χ0) is 4.99. The molecule has 0 saturated heterocycles. The van der Waals surface area contributed by atoms with Gasteiger partial charge in [0, 0.05) is 4.43 Å². The van der Waals surface area contributed by atoms with Crippen molar-refractivity contribution in [2.45, 2.75) is 19.5 Å². The van der Waals surface area contributed by atoms with Gasteiger partial charge in [0.2, 0.25) is 0 Å². The first-order chi connectivity index (χ1) is 2.77. The Morgan fingerprint density at radius 1 is 1.83 bits per heavy atom. The molecule has 0 bridgehead atoms. The number of rotatable bonds is 2. The molecule has 0 amide bonds.